The molecule has 2 saturated heterocycles. The molecule has 0 aliphatic carbocycles. The van der Waals surface area contributed by atoms with Crippen molar-refractivity contribution >= 4 is 22.9 Å². The molecule has 1 atom stereocenters. The molecule has 1 spiro atoms. The maximum Gasteiger partial charge on any atom is 0.290 e. The number of thiazole rings is 1. The number of β-amino-alcohol motifs (C(OH)–C–C–N with tert-alkyl or cyclic N) is 1. The van der Waals surface area contributed by atoms with Crippen molar-refractivity contribution in [3.8, 4) is 11.3 Å². The molecule has 1 aromatic carbocycles. The van der Waals surface area contributed by atoms with Crippen molar-refractivity contribution in [2.24, 2.45) is 5.41 Å². The Labute approximate surface area is 168 Å². The minimum atomic E-state index is -0.250. The summed E-state index contributed by atoms with van der Waals surface area (Å²) in [6.07, 6.45) is 2.92. The van der Waals surface area contributed by atoms with Crippen LogP contribution in [-0.4, -0.2) is 65.9 Å². The summed E-state index contributed by atoms with van der Waals surface area (Å²) in [6.45, 7) is 3.59. The SMILES string of the molecule is CN1CC(O)CC2(CCN(c3nc(-c4ccc(F)cc4)cs3)CC2)C1.O=CO. The third kappa shape index (κ3) is 4.87. The lowest BCUT2D eigenvalue weighted by atomic mass is 9.72. The summed E-state index contributed by atoms with van der Waals surface area (Å²) in [7, 11) is 2.10. The van der Waals surface area contributed by atoms with E-state index in [9.17, 15) is 9.50 Å². The Hall–Kier alpha value is -2.03. The first-order valence-electron chi connectivity index (χ1n) is 9.35. The molecule has 4 rings (SSSR count). The summed E-state index contributed by atoms with van der Waals surface area (Å²) in [5.41, 5.74) is 2.11. The van der Waals surface area contributed by atoms with Gasteiger partial charge in [-0.15, -0.1) is 11.3 Å². The van der Waals surface area contributed by atoms with Crippen molar-refractivity contribution in [2.45, 2.75) is 25.4 Å². The Kier molecular flexibility index (Phi) is 6.64. The van der Waals surface area contributed by atoms with Gasteiger partial charge in [-0.1, -0.05) is 0 Å². The number of hydrogen-bond donors (Lipinski definition) is 2. The molecule has 0 radical (unpaired) electrons. The molecule has 0 bridgehead atoms. The Morgan fingerprint density at radius 1 is 1.29 bits per heavy atom. The fourth-order valence-corrected chi connectivity index (χ4v) is 5.21. The van der Waals surface area contributed by atoms with E-state index >= 15 is 0 Å². The number of aromatic nitrogens is 1. The van der Waals surface area contributed by atoms with Crippen LogP contribution in [0.15, 0.2) is 29.6 Å². The van der Waals surface area contributed by atoms with Crippen LogP contribution in [-0.2, 0) is 4.79 Å². The number of rotatable bonds is 2. The normalized spacial score (nSPS) is 21.8. The summed E-state index contributed by atoms with van der Waals surface area (Å²) in [5, 5.41) is 20.1. The molecule has 28 heavy (non-hydrogen) atoms. The third-order valence-corrected chi connectivity index (χ3v) is 6.42. The van der Waals surface area contributed by atoms with Crippen molar-refractivity contribution in [3.63, 3.8) is 0 Å². The lowest BCUT2D eigenvalue weighted by Crippen LogP contribution is -2.52. The second-order valence-electron chi connectivity index (χ2n) is 7.67. The molecular weight excluding hydrogens is 381 g/mol. The zero-order valence-corrected chi connectivity index (χ0v) is 16.7. The van der Waals surface area contributed by atoms with Crippen LogP contribution in [0.4, 0.5) is 9.52 Å². The third-order valence-electron chi connectivity index (χ3n) is 5.52. The van der Waals surface area contributed by atoms with E-state index < -0.39 is 0 Å². The fourth-order valence-electron chi connectivity index (χ4n) is 4.32. The van der Waals surface area contributed by atoms with E-state index in [1.165, 1.54) is 12.1 Å². The van der Waals surface area contributed by atoms with E-state index in [4.69, 9.17) is 14.9 Å². The van der Waals surface area contributed by atoms with Crippen LogP contribution in [0.2, 0.25) is 0 Å². The second-order valence-corrected chi connectivity index (χ2v) is 8.51. The highest BCUT2D eigenvalue weighted by molar-refractivity contribution is 7.14. The van der Waals surface area contributed by atoms with Crippen molar-refractivity contribution in [1.29, 1.82) is 0 Å². The highest BCUT2D eigenvalue weighted by Crippen LogP contribution is 2.41. The number of carboxylic acid groups (broad SMARTS) is 1. The van der Waals surface area contributed by atoms with Gasteiger partial charge in [-0.2, -0.15) is 0 Å². The molecule has 1 aromatic heterocycles. The molecule has 0 amide bonds. The average molecular weight is 408 g/mol. The maximum absolute atomic E-state index is 13.1. The first kappa shape index (κ1) is 20.7. The molecule has 2 fully saturated rings. The largest absolute Gasteiger partial charge is 0.483 e. The summed E-state index contributed by atoms with van der Waals surface area (Å²) in [4.78, 5) is 17.7. The van der Waals surface area contributed by atoms with E-state index in [0.717, 1.165) is 61.8 Å². The first-order chi connectivity index (χ1) is 13.4. The van der Waals surface area contributed by atoms with Gasteiger partial charge in [0.2, 0.25) is 0 Å². The van der Waals surface area contributed by atoms with Gasteiger partial charge in [0.15, 0.2) is 5.13 Å². The number of hydrogen-bond acceptors (Lipinski definition) is 6. The Morgan fingerprint density at radius 2 is 1.93 bits per heavy atom. The molecule has 1 unspecified atom stereocenters. The van der Waals surface area contributed by atoms with Gasteiger partial charge in [-0.3, -0.25) is 4.79 Å². The topological polar surface area (TPSA) is 76.9 Å². The molecule has 6 nitrogen and oxygen atoms in total. The summed E-state index contributed by atoms with van der Waals surface area (Å²) in [5.74, 6) is -0.222. The van der Waals surface area contributed by atoms with Crippen LogP contribution in [0.5, 0.6) is 0 Å². The number of likely N-dealkylation sites (tertiary alicyclic amines) is 1. The van der Waals surface area contributed by atoms with E-state index in [1.54, 1.807) is 23.5 Å². The van der Waals surface area contributed by atoms with Gasteiger partial charge in [0.05, 0.1) is 11.8 Å². The highest BCUT2D eigenvalue weighted by atomic mass is 32.1. The molecule has 2 aliphatic heterocycles. The number of aliphatic hydroxyl groups excluding tert-OH is 1. The number of halogens is 1. The summed E-state index contributed by atoms with van der Waals surface area (Å²) < 4.78 is 13.1. The number of piperidine rings is 2. The number of nitrogens with zero attached hydrogens (tertiary/aromatic N) is 3. The van der Waals surface area contributed by atoms with E-state index in [1.807, 2.05) is 5.38 Å². The zero-order valence-electron chi connectivity index (χ0n) is 15.9. The smallest absolute Gasteiger partial charge is 0.290 e. The minimum absolute atomic E-state index is 0.199. The summed E-state index contributed by atoms with van der Waals surface area (Å²) >= 11 is 1.65. The number of anilines is 1. The monoisotopic (exact) mass is 407 g/mol. The molecule has 152 valence electrons. The Morgan fingerprint density at radius 3 is 2.54 bits per heavy atom. The van der Waals surface area contributed by atoms with Crippen molar-refractivity contribution in [3.05, 3.63) is 35.5 Å². The Bertz CT molecular complexity index is 763. The van der Waals surface area contributed by atoms with Crippen molar-refractivity contribution in [2.75, 3.05) is 38.1 Å². The number of likely N-dealkylation sites (N-methyl/N-ethyl adjacent to an activating group) is 1. The zero-order chi connectivity index (χ0) is 20.1. The molecule has 2 aromatic rings. The predicted molar refractivity (Wildman–Crippen MR) is 108 cm³/mol. The van der Waals surface area contributed by atoms with Crippen LogP contribution in [0.25, 0.3) is 11.3 Å². The molecule has 0 saturated carbocycles. The van der Waals surface area contributed by atoms with Crippen LogP contribution in [0.1, 0.15) is 19.3 Å². The minimum Gasteiger partial charge on any atom is -0.483 e. The van der Waals surface area contributed by atoms with E-state index in [0.29, 0.717) is 0 Å². The van der Waals surface area contributed by atoms with Crippen molar-refractivity contribution in [1.82, 2.24) is 9.88 Å². The van der Waals surface area contributed by atoms with Gasteiger partial charge in [0.25, 0.3) is 6.47 Å². The standard InChI is InChI=1S/C19H24FN3OS.CH2O2/c1-22-11-16(24)10-19(13-22)6-8-23(9-7-19)18-21-17(12-25-18)14-2-4-15(20)5-3-14;2-1-3/h2-5,12,16,24H,6-11,13H2,1H3;1H,(H,2,3). The van der Waals surface area contributed by atoms with Crippen LogP contribution in [0, 0.1) is 11.2 Å². The van der Waals surface area contributed by atoms with Gasteiger partial charge in [-0.05, 0) is 56.0 Å². The van der Waals surface area contributed by atoms with Crippen LogP contribution < -0.4 is 4.90 Å². The number of aliphatic hydroxyl groups is 1. The summed E-state index contributed by atoms with van der Waals surface area (Å²) in [6, 6.07) is 6.50. The number of benzene rings is 1. The highest BCUT2D eigenvalue weighted by Gasteiger charge is 2.40. The van der Waals surface area contributed by atoms with E-state index in [2.05, 4.69) is 16.8 Å². The Balaban J connectivity index is 0.000000706. The predicted octanol–water partition coefficient (Wildman–Crippen LogP) is 2.93. The lowest BCUT2D eigenvalue weighted by Gasteiger charge is -2.48. The van der Waals surface area contributed by atoms with Crippen LogP contribution in [0.3, 0.4) is 0 Å². The van der Waals surface area contributed by atoms with Crippen molar-refractivity contribution < 1.29 is 19.4 Å². The molecule has 8 heteroatoms. The average Bonchev–Trinajstić information content (AvgIpc) is 3.12. The quantitative estimate of drug-likeness (QED) is 0.746. The van der Waals surface area contributed by atoms with Gasteiger partial charge in [-0.25, -0.2) is 9.37 Å². The van der Waals surface area contributed by atoms with Gasteiger partial charge >= 0.3 is 0 Å². The van der Waals surface area contributed by atoms with E-state index in [-0.39, 0.29) is 23.8 Å². The second kappa shape index (κ2) is 8.98. The first-order valence-corrected chi connectivity index (χ1v) is 10.2. The van der Waals surface area contributed by atoms with Gasteiger partial charge in [0, 0.05) is 37.1 Å². The van der Waals surface area contributed by atoms with Crippen LogP contribution >= 0.6 is 11.3 Å². The lowest BCUT2D eigenvalue weighted by molar-refractivity contribution is -0.122. The molecular formula is C20H26FN3O3S. The fraction of sp³-hybridized carbons (Fsp3) is 0.500. The van der Waals surface area contributed by atoms with Gasteiger partial charge < -0.3 is 20.0 Å². The molecule has 2 N–H and O–H groups in total. The number of carbonyl (C=O) groups is 1. The maximum atomic E-state index is 13.1. The molecule has 2 aliphatic rings. The molecule has 3 heterocycles. The van der Waals surface area contributed by atoms with Gasteiger partial charge in [0.1, 0.15) is 5.82 Å².